The molecule has 3 atom stereocenters. The topological polar surface area (TPSA) is 108 Å². The molecule has 1 amide bonds. The largest absolute Gasteiger partial charge is 0.756 e. The van der Waals surface area contributed by atoms with E-state index in [0.717, 1.165) is 44.9 Å². The van der Waals surface area contributed by atoms with Crippen LogP contribution in [0.25, 0.3) is 0 Å². The molecule has 0 aromatic heterocycles. The summed E-state index contributed by atoms with van der Waals surface area (Å²) in [5, 5.41) is 13.8. The zero-order valence-electron chi connectivity index (χ0n) is 40.9. The number of rotatable bonds is 47. The van der Waals surface area contributed by atoms with Crippen molar-refractivity contribution in [1.82, 2.24) is 5.32 Å². The van der Waals surface area contributed by atoms with Crippen molar-refractivity contribution in [2.24, 2.45) is 0 Å². The van der Waals surface area contributed by atoms with Gasteiger partial charge in [-0.25, -0.2) is 0 Å². The molecule has 0 aliphatic rings. The fourth-order valence-electron chi connectivity index (χ4n) is 7.48. The van der Waals surface area contributed by atoms with E-state index in [1.807, 2.05) is 27.2 Å². The van der Waals surface area contributed by atoms with Gasteiger partial charge < -0.3 is 28.8 Å². The summed E-state index contributed by atoms with van der Waals surface area (Å²) in [6.07, 6.45) is 54.8. The van der Waals surface area contributed by atoms with Gasteiger partial charge in [-0.2, -0.15) is 0 Å². The van der Waals surface area contributed by atoms with E-state index in [0.29, 0.717) is 17.4 Å². The number of nitrogens with one attached hydrogen (secondary N) is 1. The van der Waals surface area contributed by atoms with Gasteiger partial charge in [0.25, 0.3) is 7.82 Å². The van der Waals surface area contributed by atoms with Gasteiger partial charge in [-0.05, 0) is 51.4 Å². The molecule has 0 rings (SSSR count). The molecule has 360 valence electrons. The number of aliphatic hydroxyl groups excluding tert-OH is 1. The monoisotopic (exact) mass is 881 g/mol. The van der Waals surface area contributed by atoms with Crippen LogP contribution in [0.3, 0.4) is 0 Å². The van der Waals surface area contributed by atoms with Crippen molar-refractivity contribution >= 4 is 13.7 Å². The normalized spacial score (nSPS) is 14.4. The van der Waals surface area contributed by atoms with Crippen LogP contribution in [0, 0.1) is 0 Å². The SMILES string of the molecule is CCCCC/C=C\C/C=C\CCCCCCCCCCCC(=O)NC(COP(=O)([O-])OCC[N+](C)(C)C)C(O)/C=C/CCCCCCCCCCCCCCCCCCCC. The maximum atomic E-state index is 12.9. The minimum Gasteiger partial charge on any atom is -0.756 e. The van der Waals surface area contributed by atoms with Crippen LogP contribution in [-0.2, 0) is 18.4 Å². The Morgan fingerprint density at radius 3 is 1.39 bits per heavy atom. The molecule has 0 fully saturated rings. The van der Waals surface area contributed by atoms with E-state index in [9.17, 15) is 19.4 Å². The number of nitrogens with zero attached hydrogens (tertiary/aromatic N) is 1. The molecule has 0 saturated carbocycles. The zero-order chi connectivity index (χ0) is 45.0. The van der Waals surface area contributed by atoms with Gasteiger partial charge in [0.1, 0.15) is 13.2 Å². The highest BCUT2D eigenvalue weighted by Crippen LogP contribution is 2.38. The van der Waals surface area contributed by atoms with Crippen molar-refractivity contribution in [2.45, 2.75) is 251 Å². The minimum atomic E-state index is -4.59. The third kappa shape index (κ3) is 46.5. The van der Waals surface area contributed by atoms with E-state index in [1.165, 1.54) is 173 Å². The van der Waals surface area contributed by atoms with Crippen LogP contribution < -0.4 is 10.2 Å². The molecule has 0 saturated heterocycles. The highest BCUT2D eigenvalue weighted by atomic mass is 31.2. The number of quaternary nitrogens is 1. The fraction of sp³-hybridized carbons (Fsp3) is 0.865. The molecule has 0 aliphatic carbocycles. The Morgan fingerprint density at radius 2 is 0.951 bits per heavy atom. The molecular formula is C52H101N2O6P. The summed E-state index contributed by atoms with van der Waals surface area (Å²) in [7, 11) is 1.26. The molecule has 0 aromatic carbocycles. The van der Waals surface area contributed by atoms with Crippen molar-refractivity contribution in [3.63, 3.8) is 0 Å². The Hall–Kier alpha value is -1.28. The standard InChI is InChI=1S/C52H101N2O6P/c1-6-8-10-12-14-16-18-20-22-24-26-28-29-31-33-35-37-39-41-43-45-51(55)50(49-60-61(57,58)59-48-47-54(3,4)5)53-52(56)46-44-42-40-38-36-34-32-30-27-25-23-21-19-17-15-13-11-9-7-2/h15,17,21,23,43,45,50-51,55H,6-14,16,18-20,22,24-42,44,46-49H2,1-5H3,(H-,53,56,57,58)/b17-15-,23-21-,45-43+. The lowest BCUT2D eigenvalue weighted by Crippen LogP contribution is -2.45. The molecule has 0 aliphatic heterocycles. The molecule has 0 radical (unpaired) electrons. The molecular weight excluding hydrogens is 780 g/mol. The first-order chi connectivity index (χ1) is 29.5. The number of hydrogen-bond acceptors (Lipinski definition) is 6. The van der Waals surface area contributed by atoms with Gasteiger partial charge in [-0.3, -0.25) is 9.36 Å². The molecule has 0 heterocycles. The quantitative estimate of drug-likeness (QED) is 0.0273. The number of allylic oxidation sites excluding steroid dienone is 5. The van der Waals surface area contributed by atoms with Crippen molar-refractivity contribution in [1.29, 1.82) is 0 Å². The molecule has 2 N–H and O–H groups in total. The molecule has 3 unspecified atom stereocenters. The maximum Gasteiger partial charge on any atom is 0.268 e. The van der Waals surface area contributed by atoms with E-state index in [-0.39, 0.29) is 19.1 Å². The van der Waals surface area contributed by atoms with Gasteiger partial charge in [0.05, 0.1) is 39.9 Å². The zero-order valence-corrected chi connectivity index (χ0v) is 41.8. The summed E-state index contributed by atoms with van der Waals surface area (Å²) in [4.78, 5) is 25.4. The van der Waals surface area contributed by atoms with Crippen LogP contribution in [0.2, 0.25) is 0 Å². The predicted octanol–water partition coefficient (Wildman–Crippen LogP) is 14.4. The van der Waals surface area contributed by atoms with Crippen molar-refractivity contribution in [3.05, 3.63) is 36.5 Å². The summed E-state index contributed by atoms with van der Waals surface area (Å²) in [6, 6.07) is -0.888. The van der Waals surface area contributed by atoms with Gasteiger partial charge >= 0.3 is 0 Å². The van der Waals surface area contributed by atoms with Crippen molar-refractivity contribution < 1.29 is 32.9 Å². The number of amides is 1. The van der Waals surface area contributed by atoms with Gasteiger partial charge in [-0.1, -0.05) is 217 Å². The lowest BCUT2D eigenvalue weighted by molar-refractivity contribution is -0.870. The predicted molar refractivity (Wildman–Crippen MR) is 261 cm³/mol. The maximum absolute atomic E-state index is 12.9. The molecule has 61 heavy (non-hydrogen) atoms. The number of unbranched alkanes of at least 4 members (excludes halogenated alkanes) is 30. The first kappa shape index (κ1) is 59.7. The summed E-state index contributed by atoms with van der Waals surface area (Å²) in [5.41, 5.74) is 0. The summed E-state index contributed by atoms with van der Waals surface area (Å²) >= 11 is 0. The van der Waals surface area contributed by atoms with E-state index >= 15 is 0 Å². The lowest BCUT2D eigenvalue weighted by Gasteiger charge is -2.29. The number of carbonyl (C=O) groups is 1. The second kappa shape index (κ2) is 43.9. The van der Waals surface area contributed by atoms with Crippen LogP contribution in [0.4, 0.5) is 0 Å². The number of hydrogen-bond donors (Lipinski definition) is 2. The van der Waals surface area contributed by atoms with Crippen LogP contribution in [0.5, 0.6) is 0 Å². The van der Waals surface area contributed by atoms with Crippen LogP contribution in [0.15, 0.2) is 36.5 Å². The summed E-state index contributed by atoms with van der Waals surface area (Å²) < 4.78 is 23.3. The van der Waals surface area contributed by atoms with Crippen LogP contribution in [-0.4, -0.2) is 68.5 Å². The first-order valence-electron chi connectivity index (χ1n) is 25.9. The smallest absolute Gasteiger partial charge is 0.268 e. The number of carbonyl (C=O) groups excluding carboxylic acids is 1. The average molecular weight is 881 g/mol. The van der Waals surface area contributed by atoms with Crippen molar-refractivity contribution in [3.8, 4) is 0 Å². The highest BCUT2D eigenvalue weighted by molar-refractivity contribution is 7.45. The van der Waals surface area contributed by atoms with E-state index in [1.54, 1.807) is 6.08 Å². The van der Waals surface area contributed by atoms with Gasteiger partial charge in [-0.15, -0.1) is 0 Å². The van der Waals surface area contributed by atoms with Gasteiger partial charge in [0.15, 0.2) is 0 Å². The number of likely N-dealkylation sites (N-methyl/N-ethyl adjacent to an activating group) is 1. The third-order valence-corrected chi connectivity index (χ3v) is 12.6. The Kier molecular flexibility index (Phi) is 43.0. The number of phosphoric ester groups is 1. The van der Waals surface area contributed by atoms with Gasteiger partial charge in [0, 0.05) is 6.42 Å². The highest BCUT2D eigenvalue weighted by Gasteiger charge is 2.23. The second-order valence-electron chi connectivity index (χ2n) is 18.9. The summed E-state index contributed by atoms with van der Waals surface area (Å²) in [6.45, 7) is 4.64. The third-order valence-electron chi connectivity index (χ3n) is 11.6. The van der Waals surface area contributed by atoms with Gasteiger partial charge in [0.2, 0.25) is 5.91 Å². The number of phosphoric acid groups is 1. The second-order valence-corrected chi connectivity index (χ2v) is 20.3. The number of aliphatic hydroxyl groups is 1. The van der Waals surface area contributed by atoms with Crippen molar-refractivity contribution in [2.75, 3.05) is 40.9 Å². The van der Waals surface area contributed by atoms with E-state index in [4.69, 9.17) is 9.05 Å². The Labute approximate surface area is 378 Å². The Bertz CT molecular complexity index is 1090. The Morgan fingerprint density at radius 1 is 0.574 bits per heavy atom. The Balaban J connectivity index is 4.31. The molecule has 0 aromatic rings. The summed E-state index contributed by atoms with van der Waals surface area (Å²) in [5.74, 6) is -0.201. The fourth-order valence-corrected chi connectivity index (χ4v) is 8.20. The lowest BCUT2D eigenvalue weighted by atomic mass is 10.0. The molecule has 9 heteroatoms. The molecule has 8 nitrogen and oxygen atoms in total. The van der Waals surface area contributed by atoms with E-state index < -0.39 is 20.0 Å². The van der Waals surface area contributed by atoms with E-state index in [2.05, 4.69) is 43.5 Å². The van der Waals surface area contributed by atoms with Crippen LogP contribution >= 0.6 is 7.82 Å². The molecule has 0 spiro atoms. The molecule has 0 bridgehead atoms. The minimum absolute atomic E-state index is 0.00166. The van der Waals surface area contributed by atoms with Crippen LogP contribution in [0.1, 0.15) is 239 Å². The first-order valence-corrected chi connectivity index (χ1v) is 27.3. The average Bonchev–Trinajstić information content (AvgIpc) is 3.21.